The maximum atomic E-state index is 6.84. The minimum Gasteiger partial charge on any atom is -0.493 e. The molecule has 2 aliphatic rings. The van der Waals surface area contributed by atoms with Crippen LogP contribution in [0.15, 0.2) is 42.9 Å². The summed E-state index contributed by atoms with van der Waals surface area (Å²) in [5, 5.41) is 0.570. The van der Waals surface area contributed by atoms with E-state index in [0.29, 0.717) is 41.0 Å². The Balaban J connectivity index is 1.30. The van der Waals surface area contributed by atoms with Crippen LogP contribution in [0.3, 0.4) is 0 Å². The van der Waals surface area contributed by atoms with Crippen LogP contribution in [0.1, 0.15) is 50.3 Å². The zero-order chi connectivity index (χ0) is 26.1. The number of hydrogen-bond acceptors (Lipinski definition) is 7. The highest BCUT2D eigenvalue weighted by Crippen LogP contribution is 2.41. The predicted molar refractivity (Wildman–Crippen MR) is 148 cm³/mol. The number of imidazole rings is 1. The molecule has 0 atom stereocenters. The first-order valence-electron chi connectivity index (χ1n) is 13.4. The number of ether oxygens (including phenoxy) is 2. The molecule has 1 saturated heterocycles. The van der Waals surface area contributed by atoms with Crippen LogP contribution < -0.4 is 9.47 Å². The summed E-state index contributed by atoms with van der Waals surface area (Å²) < 4.78 is 14.3. The highest BCUT2D eigenvalue weighted by atomic mass is 35.5. The van der Waals surface area contributed by atoms with E-state index in [9.17, 15) is 0 Å². The normalized spacial score (nSPS) is 16.7. The third-order valence-electron chi connectivity index (χ3n) is 7.36. The van der Waals surface area contributed by atoms with Gasteiger partial charge in [0, 0.05) is 18.3 Å². The molecule has 6 rings (SSSR count). The summed E-state index contributed by atoms with van der Waals surface area (Å²) in [5.74, 6) is 1.95. The molecule has 1 aliphatic carbocycles. The first kappa shape index (κ1) is 25.1. The lowest BCUT2D eigenvalue weighted by Gasteiger charge is -2.15. The number of likely N-dealkylation sites (tertiary alicyclic amines) is 1. The van der Waals surface area contributed by atoms with Gasteiger partial charge < -0.3 is 18.9 Å². The van der Waals surface area contributed by atoms with Crippen molar-refractivity contribution in [3.8, 4) is 23.0 Å². The van der Waals surface area contributed by atoms with Crippen molar-refractivity contribution in [2.75, 3.05) is 26.2 Å². The van der Waals surface area contributed by atoms with E-state index in [1.54, 1.807) is 0 Å². The number of fused-ring (bicyclic) bond motifs is 1. The van der Waals surface area contributed by atoms with E-state index >= 15 is 0 Å². The largest absolute Gasteiger partial charge is 0.493 e. The molecule has 0 amide bonds. The Morgan fingerprint density at radius 3 is 2.66 bits per heavy atom. The number of halogens is 1. The molecule has 9 heteroatoms. The minimum atomic E-state index is -0.186. The van der Waals surface area contributed by atoms with Gasteiger partial charge in [0.05, 0.1) is 23.9 Å². The Morgan fingerprint density at radius 1 is 1.05 bits per heavy atom. The first-order valence-corrected chi connectivity index (χ1v) is 13.8. The van der Waals surface area contributed by atoms with Crippen molar-refractivity contribution in [3.63, 3.8) is 0 Å². The Bertz CT molecular complexity index is 1440. The van der Waals surface area contributed by atoms with Crippen molar-refractivity contribution in [2.45, 2.75) is 58.1 Å². The van der Waals surface area contributed by atoms with E-state index in [-0.39, 0.29) is 5.60 Å². The molecule has 1 saturated carbocycles. The third-order valence-corrected chi connectivity index (χ3v) is 7.67. The fourth-order valence-electron chi connectivity index (χ4n) is 4.96. The highest BCUT2D eigenvalue weighted by Gasteiger charge is 2.41. The lowest BCUT2D eigenvalue weighted by Crippen LogP contribution is -2.21. The number of aryl methyl sites for hydroxylation is 1. The van der Waals surface area contributed by atoms with E-state index in [4.69, 9.17) is 26.1 Å². The van der Waals surface area contributed by atoms with E-state index in [2.05, 4.69) is 39.8 Å². The molecule has 4 aromatic rings. The number of aromatic nitrogens is 5. The lowest BCUT2D eigenvalue weighted by atomic mass is 10.2. The summed E-state index contributed by atoms with van der Waals surface area (Å²) in [4.78, 5) is 21.1. The highest BCUT2D eigenvalue weighted by molar-refractivity contribution is 6.33. The van der Waals surface area contributed by atoms with Gasteiger partial charge in [0.1, 0.15) is 23.5 Å². The summed E-state index contributed by atoms with van der Waals surface area (Å²) in [7, 11) is 0. The van der Waals surface area contributed by atoms with E-state index in [1.807, 2.05) is 35.0 Å². The molecule has 0 bridgehead atoms. The van der Waals surface area contributed by atoms with Gasteiger partial charge >= 0.3 is 0 Å². The van der Waals surface area contributed by atoms with Crippen LogP contribution in [0.25, 0.3) is 22.6 Å². The van der Waals surface area contributed by atoms with Crippen LogP contribution >= 0.6 is 11.6 Å². The smallest absolute Gasteiger partial charge is 0.245 e. The van der Waals surface area contributed by atoms with E-state index in [1.165, 1.54) is 32.3 Å². The van der Waals surface area contributed by atoms with Gasteiger partial charge in [-0.3, -0.25) is 4.98 Å². The molecule has 0 spiro atoms. The van der Waals surface area contributed by atoms with Gasteiger partial charge in [-0.15, -0.1) is 0 Å². The summed E-state index contributed by atoms with van der Waals surface area (Å²) >= 11 is 6.84. The molecular formula is C29H33ClN6O2. The van der Waals surface area contributed by atoms with Gasteiger partial charge in [0.2, 0.25) is 5.88 Å². The monoisotopic (exact) mass is 532 g/mol. The van der Waals surface area contributed by atoms with Gasteiger partial charge in [-0.05, 0) is 94.9 Å². The van der Waals surface area contributed by atoms with Gasteiger partial charge in [-0.2, -0.15) is 4.98 Å². The fraction of sp³-hybridized carbons (Fsp3) is 0.448. The zero-order valence-electron chi connectivity index (χ0n) is 22.0. The maximum Gasteiger partial charge on any atom is 0.245 e. The van der Waals surface area contributed by atoms with Crippen LogP contribution in [0.2, 0.25) is 5.02 Å². The van der Waals surface area contributed by atoms with Gasteiger partial charge in [-0.25, -0.2) is 9.97 Å². The molecule has 1 aliphatic heterocycles. The molecule has 2 fully saturated rings. The Hall–Kier alpha value is -3.23. The molecule has 38 heavy (non-hydrogen) atoms. The topological polar surface area (TPSA) is 78.2 Å². The lowest BCUT2D eigenvalue weighted by molar-refractivity contribution is 0.194. The molecule has 0 N–H and O–H groups in total. The molecule has 3 aromatic heterocycles. The van der Waals surface area contributed by atoms with Crippen molar-refractivity contribution in [3.05, 3.63) is 59.1 Å². The van der Waals surface area contributed by atoms with Crippen molar-refractivity contribution in [1.29, 1.82) is 0 Å². The Morgan fingerprint density at radius 2 is 1.89 bits per heavy atom. The molecule has 198 valence electrons. The van der Waals surface area contributed by atoms with E-state index < -0.39 is 0 Å². The molecular weight excluding hydrogens is 500 g/mol. The molecule has 0 radical (unpaired) electrons. The first-order chi connectivity index (χ1) is 18.5. The third kappa shape index (κ3) is 5.47. The molecule has 4 heterocycles. The van der Waals surface area contributed by atoms with Crippen LogP contribution in [-0.2, 0) is 6.54 Å². The number of pyridine rings is 1. The summed E-state index contributed by atoms with van der Waals surface area (Å²) in [6, 6.07) is 9.85. The second kappa shape index (κ2) is 10.5. The number of benzene rings is 1. The second-order valence-electron chi connectivity index (χ2n) is 10.6. The van der Waals surface area contributed by atoms with Gasteiger partial charge in [-0.1, -0.05) is 11.6 Å². The predicted octanol–water partition coefficient (Wildman–Crippen LogP) is 5.69. The van der Waals surface area contributed by atoms with Crippen molar-refractivity contribution >= 4 is 22.8 Å². The van der Waals surface area contributed by atoms with Crippen LogP contribution in [0.5, 0.6) is 11.6 Å². The summed E-state index contributed by atoms with van der Waals surface area (Å²) in [5.41, 5.74) is 3.98. The Kier molecular flexibility index (Phi) is 6.93. The zero-order valence-corrected chi connectivity index (χ0v) is 22.7. The summed E-state index contributed by atoms with van der Waals surface area (Å²) in [6.07, 6.45) is 8.98. The van der Waals surface area contributed by atoms with Crippen molar-refractivity contribution in [1.82, 2.24) is 29.4 Å². The van der Waals surface area contributed by atoms with Crippen molar-refractivity contribution in [2.24, 2.45) is 0 Å². The molecule has 8 nitrogen and oxygen atoms in total. The minimum absolute atomic E-state index is 0.186. The second-order valence-corrected chi connectivity index (χ2v) is 11.0. The number of rotatable bonds is 10. The average Bonchev–Trinajstić information content (AvgIpc) is 3.26. The maximum absolute atomic E-state index is 6.84. The van der Waals surface area contributed by atoms with E-state index in [0.717, 1.165) is 48.4 Å². The number of hydrogen-bond donors (Lipinski definition) is 0. The summed E-state index contributed by atoms with van der Waals surface area (Å²) in [6.45, 7) is 8.80. The SMILES string of the molecule is Cc1ccnc(Cn2c(-c3ccc(OCCCN4CCCC4)cc3Cl)nc3c(OC4(C)CC4)ncnc32)c1. The van der Waals surface area contributed by atoms with Crippen LogP contribution in [-0.4, -0.2) is 61.2 Å². The molecule has 0 unspecified atom stereocenters. The quantitative estimate of drug-likeness (QED) is 0.243. The van der Waals surface area contributed by atoms with Gasteiger partial charge in [0.25, 0.3) is 0 Å². The van der Waals surface area contributed by atoms with Crippen LogP contribution in [0.4, 0.5) is 0 Å². The standard InChI is InChI=1S/C29H33ClN6O2/c1-20-8-11-31-21(16-20)18-36-26(34-25-27(36)32-19-33-28(25)38-29(2)9-10-29)23-7-6-22(17-24(23)30)37-15-5-14-35-12-3-4-13-35/h6-8,11,16-17,19H,3-5,9-10,12-15,18H2,1-2H3. The Labute approximate surface area is 228 Å². The van der Waals surface area contributed by atoms with Crippen molar-refractivity contribution < 1.29 is 9.47 Å². The van der Waals surface area contributed by atoms with Gasteiger partial charge in [0.15, 0.2) is 11.2 Å². The average molecular weight is 533 g/mol. The molecule has 1 aromatic carbocycles. The fourth-order valence-corrected chi connectivity index (χ4v) is 5.21. The number of nitrogens with zero attached hydrogens (tertiary/aromatic N) is 6. The van der Waals surface area contributed by atoms with Crippen LogP contribution in [0, 0.1) is 6.92 Å².